The first-order chi connectivity index (χ1) is 15.4. The predicted octanol–water partition coefficient (Wildman–Crippen LogP) is 8.33. The molecule has 0 bridgehead atoms. The van der Waals surface area contributed by atoms with Crippen molar-refractivity contribution in [1.29, 1.82) is 0 Å². The molecule has 0 N–H and O–H groups in total. The zero-order valence-electron chi connectivity index (χ0n) is 17.2. The van der Waals surface area contributed by atoms with Gasteiger partial charge in [0.25, 0.3) is 0 Å². The van der Waals surface area contributed by atoms with Crippen molar-refractivity contribution in [2.24, 2.45) is 0 Å². The third-order valence-corrected chi connectivity index (χ3v) is 6.37. The second kappa shape index (κ2) is 7.41. The first-order valence-electron chi connectivity index (χ1n) is 10.8. The molecule has 1 atom stereocenters. The molecule has 0 radical (unpaired) electrons. The van der Waals surface area contributed by atoms with Crippen LogP contribution in [0.5, 0.6) is 0 Å². The van der Waals surface area contributed by atoms with Crippen molar-refractivity contribution in [3.63, 3.8) is 0 Å². The van der Waals surface area contributed by atoms with Crippen LogP contribution in [0.3, 0.4) is 0 Å². The first kappa shape index (κ1) is 17.9. The van der Waals surface area contributed by atoms with Gasteiger partial charge in [-0.05, 0) is 49.7 Å². The fraction of sp³-hybridized carbons (Fsp3) is 0.0323. The second-order valence-electron chi connectivity index (χ2n) is 8.20. The highest BCUT2D eigenvalue weighted by Crippen LogP contribution is 2.41. The fourth-order valence-corrected chi connectivity index (χ4v) is 4.75. The normalized spacial score (nSPS) is 14.6. The van der Waals surface area contributed by atoms with E-state index >= 15 is 0 Å². The van der Waals surface area contributed by atoms with E-state index in [1.165, 1.54) is 49.7 Å². The van der Waals surface area contributed by atoms with Gasteiger partial charge in [0, 0.05) is 5.92 Å². The van der Waals surface area contributed by atoms with Crippen molar-refractivity contribution < 1.29 is 0 Å². The van der Waals surface area contributed by atoms with Crippen LogP contribution in [0.4, 0.5) is 0 Å². The van der Waals surface area contributed by atoms with Crippen molar-refractivity contribution in [3.05, 3.63) is 138 Å². The molecule has 31 heavy (non-hydrogen) atoms. The molecule has 1 aliphatic carbocycles. The van der Waals surface area contributed by atoms with Crippen molar-refractivity contribution in [2.45, 2.75) is 5.92 Å². The van der Waals surface area contributed by atoms with Gasteiger partial charge in [-0.25, -0.2) is 0 Å². The van der Waals surface area contributed by atoms with E-state index in [0.717, 1.165) is 0 Å². The predicted molar refractivity (Wildman–Crippen MR) is 132 cm³/mol. The molecular formula is C31H22. The summed E-state index contributed by atoms with van der Waals surface area (Å²) >= 11 is 0. The molecule has 146 valence electrons. The van der Waals surface area contributed by atoms with Gasteiger partial charge in [0.05, 0.1) is 0 Å². The van der Waals surface area contributed by atoms with Crippen LogP contribution in [0.25, 0.3) is 39.1 Å². The molecule has 0 saturated carbocycles. The molecule has 0 aliphatic heterocycles. The van der Waals surface area contributed by atoms with Crippen molar-refractivity contribution >= 4 is 16.8 Å². The molecule has 0 fully saturated rings. The summed E-state index contributed by atoms with van der Waals surface area (Å²) in [6.45, 7) is 0. The lowest BCUT2D eigenvalue weighted by Gasteiger charge is -2.15. The van der Waals surface area contributed by atoms with Gasteiger partial charge >= 0.3 is 0 Å². The molecule has 0 heterocycles. The number of hydrogen-bond acceptors (Lipinski definition) is 0. The summed E-state index contributed by atoms with van der Waals surface area (Å²) in [5.74, 6) is 0.308. The van der Waals surface area contributed by atoms with Gasteiger partial charge in [-0.1, -0.05) is 127 Å². The van der Waals surface area contributed by atoms with Crippen molar-refractivity contribution in [2.75, 3.05) is 0 Å². The quantitative estimate of drug-likeness (QED) is 0.288. The molecule has 0 heteroatoms. The highest BCUT2D eigenvalue weighted by molar-refractivity contribution is 5.85. The zero-order chi connectivity index (χ0) is 20.6. The third kappa shape index (κ3) is 3.17. The SMILES string of the molecule is C1=CC(c2ccc3ccccc3c2)c2cccc(-c3ccc(-c4ccccc4)cc3)c21. The highest BCUT2D eigenvalue weighted by Gasteiger charge is 2.21. The Morgan fingerprint density at radius 2 is 1.19 bits per heavy atom. The number of rotatable bonds is 3. The second-order valence-corrected chi connectivity index (χ2v) is 8.20. The highest BCUT2D eigenvalue weighted by atomic mass is 14.2. The van der Waals surface area contributed by atoms with Crippen LogP contribution >= 0.6 is 0 Å². The van der Waals surface area contributed by atoms with Gasteiger partial charge in [0.15, 0.2) is 0 Å². The molecule has 0 amide bonds. The summed E-state index contributed by atoms with van der Waals surface area (Å²) < 4.78 is 0. The molecule has 5 aromatic carbocycles. The fourth-order valence-electron chi connectivity index (χ4n) is 4.75. The summed E-state index contributed by atoms with van der Waals surface area (Å²) in [6.07, 6.45) is 4.65. The number of fused-ring (bicyclic) bond motifs is 2. The zero-order valence-corrected chi connectivity index (χ0v) is 17.2. The lowest BCUT2D eigenvalue weighted by atomic mass is 9.89. The molecule has 0 nitrogen and oxygen atoms in total. The Morgan fingerprint density at radius 1 is 0.484 bits per heavy atom. The summed E-state index contributed by atoms with van der Waals surface area (Å²) in [4.78, 5) is 0. The smallest absolute Gasteiger partial charge is 0.0279 e. The van der Waals surface area contributed by atoms with Crippen LogP contribution in [-0.2, 0) is 0 Å². The van der Waals surface area contributed by atoms with Crippen molar-refractivity contribution in [1.82, 2.24) is 0 Å². The molecule has 5 aromatic rings. The Hall–Kier alpha value is -3.90. The average Bonchev–Trinajstić information content (AvgIpc) is 3.29. The van der Waals surface area contributed by atoms with Gasteiger partial charge in [0.1, 0.15) is 0 Å². The van der Waals surface area contributed by atoms with Gasteiger partial charge < -0.3 is 0 Å². The van der Waals surface area contributed by atoms with Crippen LogP contribution in [0.1, 0.15) is 22.6 Å². The van der Waals surface area contributed by atoms with E-state index in [2.05, 4.69) is 127 Å². The Bertz CT molecular complexity index is 1410. The van der Waals surface area contributed by atoms with E-state index < -0.39 is 0 Å². The molecule has 1 aliphatic rings. The van der Waals surface area contributed by atoms with E-state index in [-0.39, 0.29) is 0 Å². The first-order valence-corrected chi connectivity index (χ1v) is 10.8. The van der Waals surface area contributed by atoms with Crippen LogP contribution in [0.2, 0.25) is 0 Å². The third-order valence-electron chi connectivity index (χ3n) is 6.37. The minimum atomic E-state index is 0.308. The average molecular weight is 395 g/mol. The monoisotopic (exact) mass is 394 g/mol. The standard InChI is InChI=1S/C31H22/c1-2-7-22(8-3-1)24-13-16-25(17-14-24)28-11-6-12-30-29(19-20-31(28)30)27-18-15-23-9-4-5-10-26(23)21-27/h1-21,29H. The van der Waals surface area contributed by atoms with Crippen LogP contribution < -0.4 is 0 Å². The lowest BCUT2D eigenvalue weighted by Crippen LogP contribution is -1.97. The van der Waals surface area contributed by atoms with Gasteiger partial charge in [-0.2, -0.15) is 0 Å². The van der Waals surface area contributed by atoms with Crippen molar-refractivity contribution in [3.8, 4) is 22.3 Å². The van der Waals surface area contributed by atoms with E-state index in [0.29, 0.717) is 5.92 Å². The molecule has 1 unspecified atom stereocenters. The summed E-state index contributed by atoms with van der Waals surface area (Å²) in [5, 5.41) is 2.59. The topological polar surface area (TPSA) is 0 Å². The Kier molecular flexibility index (Phi) is 4.28. The van der Waals surface area contributed by atoms with Crippen LogP contribution in [0, 0.1) is 0 Å². The summed E-state index contributed by atoms with van der Waals surface area (Å²) in [6, 6.07) is 41.6. The molecule has 0 aromatic heterocycles. The van der Waals surface area contributed by atoms with Crippen LogP contribution in [0.15, 0.2) is 121 Å². The molecular weight excluding hydrogens is 372 g/mol. The lowest BCUT2D eigenvalue weighted by molar-refractivity contribution is 1.05. The number of benzene rings is 5. The van der Waals surface area contributed by atoms with Gasteiger partial charge in [-0.15, -0.1) is 0 Å². The molecule has 0 spiro atoms. The maximum absolute atomic E-state index is 2.34. The van der Waals surface area contributed by atoms with Gasteiger partial charge in [0.2, 0.25) is 0 Å². The summed E-state index contributed by atoms with van der Waals surface area (Å²) in [7, 11) is 0. The van der Waals surface area contributed by atoms with E-state index in [4.69, 9.17) is 0 Å². The Morgan fingerprint density at radius 3 is 2.03 bits per heavy atom. The maximum atomic E-state index is 2.34. The van der Waals surface area contributed by atoms with Crippen LogP contribution in [-0.4, -0.2) is 0 Å². The Labute approximate surface area is 183 Å². The largest absolute Gasteiger partial charge is 0.0720 e. The maximum Gasteiger partial charge on any atom is 0.0279 e. The van der Waals surface area contributed by atoms with E-state index in [1.54, 1.807) is 0 Å². The number of hydrogen-bond donors (Lipinski definition) is 0. The van der Waals surface area contributed by atoms with Gasteiger partial charge in [-0.3, -0.25) is 0 Å². The van der Waals surface area contributed by atoms with E-state index in [1.807, 2.05) is 0 Å². The Balaban J connectivity index is 1.38. The summed E-state index contributed by atoms with van der Waals surface area (Å²) in [5.41, 5.74) is 9.15. The van der Waals surface area contributed by atoms with E-state index in [9.17, 15) is 0 Å². The minimum Gasteiger partial charge on any atom is -0.0720 e. The molecule has 6 rings (SSSR count). The number of allylic oxidation sites excluding steroid dienone is 1. The molecule has 0 saturated heterocycles. The minimum absolute atomic E-state index is 0.308.